The molecule has 0 atom stereocenters. The molecule has 23 heavy (non-hydrogen) atoms. The second kappa shape index (κ2) is 7.53. The lowest BCUT2D eigenvalue weighted by Crippen LogP contribution is -2.45. The minimum atomic E-state index is 0.672. The number of rotatable bonds is 5. The number of hydrogen-bond acceptors (Lipinski definition) is 5. The third-order valence-corrected chi connectivity index (χ3v) is 4.22. The predicted molar refractivity (Wildman–Crippen MR) is 90.3 cm³/mol. The van der Waals surface area contributed by atoms with Gasteiger partial charge in [0, 0.05) is 63.9 Å². The Bertz CT molecular complexity index is 621. The van der Waals surface area contributed by atoms with Crippen molar-refractivity contribution in [3.05, 3.63) is 53.5 Å². The standard InChI is InChI=1S/C18H24N4O/c1-15-9-17(11-19-10-15)14-22-7-5-21(6-8-22)13-16-3-4-18(23-2)20-12-16/h3-4,9-12H,5-8,13-14H2,1-2H3. The molecule has 2 aromatic heterocycles. The maximum absolute atomic E-state index is 5.10. The van der Waals surface area contributed by atoms with Crippen LogP contribution < -0.4 is 4.74 Å². The van der Waals surface area contributed by atoms with Gasteiger partial charge in [-0.1, -0.05) is 12.1 Å². The first-order valence-electron chi connectivity index (χ1n) is 8.07. The molecular weight excluding hydrogens is 288 g/mol. The number of methoxy groups -OCH3 is 1. The van der Waals surface area contributed by atoms with E-state index in [4.69, 9.17) is 4.74 Å². The summed E-state index contributed by atoms with van der Waals surface area (Å²) in [6.07, 6.45) is 5.79. The Labute approximate surface area is 137 Å². The zero-order valence-corrected chi connectivity index (χ0v) is 13.9. The summed E-state index contributed by atoms with van der Waals surface area (Å²) in [7, 11) is 1.64. The van der Waals surface area contributed by atoms with Gasteiger partial charge in [-0.15, -0.1) is 0 Å². The van der Waals surface area contributed by atoms with Gasteiger partial charge in [0.05, 0.1) is 7.11 Å². The SMILES string of the molecule is COc1ccc(CN2CCN(Cc3cncc(C)c3)CC2)cn1. The van der Waals surface area contributed by atoms with Crippen LogP contribution in [0.3, 0.4) is 0 Å². The van der Waals surface area contributed by atoms with Crippen molar-refractivity contribution < 1.29 is 4.74 Å². The summed E-state index contributed by atoms with van der Waals surface area (Å²) in [5, 5.41) is 0. The minimum absolute atomic E-state index is 0.672. The van der Waals surface area contributed by atoms with Gasteiger partial charge in [-0.2, -0.15) is 0 Å². The van der Waals surface area contributed by atoms with E-state index in [-0.39, 0.29) is 0 Å². The molecule has 5 heteroatoms. The molecule has 1 fully saturated rings. The quantitative estimate of drug-likeness (QED) is 0.846. The highest BCUT2D eigenvalue weighted by Crippen LogP contribution is 2.13. The van der Waals surface area contributed by atoms with Crippen molar-refractivity contribution >= 4 is 0 Å². The molecule has 0 unspecified atom stereocenters. The number of hydrogen-bond donors (Lipinski definition) is 0. The molecule has 1 aliphatic rings. The fourth-order valence-electron chi connectivity index (χ4n) is 2.95. The summed E-state index contributed by atoms with van der Waals surface area (Å²) in [5.74, 6) is 0.672. The van der Waals surface area contributed by atoms with Gasteiger partial charge in [0.1, 0.15) is 0 Å². The van der Waals surface area contributed by atoms with Crippen molar-refractivity contribution in [3.63, 3.8) is 0 Å². The van der Waals surface area contributed by atoms with Crippen LogP contribution >= 0.6 is 0 Å². The highest BCUT2D eigenvalue weighted by molar-refractivity contribution is 5.18. The Hall–Kier alpha value is -1.98. The Balaban J connectivity index is 1.48. The van der Waals surface area contributed by atoms with Crippen LogP contribution in [-0.4, -0.2) is 53.1 Å². The molecule has 122 valence electrons. The van der Waals surface area contributed by atoms with Crippen molar-refractivity contribution in [1.82, 2.24) is 19.8 Å². The normalized spacial score (nSPS) is 16.4. The molecule has 0 aliphatic carbocycles. The van der Waals surface area contributed by atoms with Gasteiger partial charge in [0.25, 0.3) is 0 Å². The molecular formula is C18H24N4O. The number of piperazine rings is 1. The van der Waals surface area contributed by atoms with Crippen molar-refractivity contribution in [2.75, 3.05) is 33.3 Å². The third-order valence-electron chi connectivity index (χ3n) is 4.22. The molecule has 0 N–H and O–H groups in total. The van der Waals surface area contributed by atoms with E-state index in [2.05, 4.69) is 38.8 Å². The summed E-state index contributed by atoms with van der Waals surface area (Å²) >= 11 is 0. The van der Waals surface area contributed by atoms with Crippen LogP contribution in [-0.2, 0) is 13.1 Å². The van der Waals surface area contributed by atoms with Crippen molar-refractivity contribution in [2.24, 2.45) is 0 Å². The summed E-state index contributed by atoms with van der Waals surface area (Å²) in [4.78, 5) is 13.5. The topological polar surface area (TPSA) is 41.5 Å². The monoisotopic (exact) mass is 312 g/mol. The van der Waals surface area contributed by atoms with Gasteiger partial charge in [0.15, 0.2) is 0 Å². The molecule has 3 heterocycles. The fourth-order valence-corrected chi connectivity index (χ4v) is 2.95. The van der Waals surface area contributed by atoms with Crippen LogP contribution in [0.2, 0.25) is 0 Å². The number of ether oxygens (including phenoxy) is 1. The molecule has 5 nitrogen and oxygen atoms in total. The Morgan fingerprint density at radius 3 is 2.22 bits per heavy atom. The van der Waals surface area contributed by atoms with Crippen LogP contribution in [0.5, 0.6) is 5.88 Å². The molecule has 0 saturated carbocycles. The van der Waals surface area contributed by atoms with Gasteiger partial charge in [0.2, 0.25) is 5.88 Å². The molecule has 0 amide bonds. The van der Waals surface area contributed by atoms with E-state index in [1.165, 1.54) is 16.7 Å². The lowest BCUT2D eigenvalue weighted by Gasteiger charge is -2.34. The summed E-state index contributed by atoms with van der Waals surface area (Å²) < 4.78 is 5.10. The summed E-state index contributed by atoms with van der Waals surface area (Å²) in [6, 6.07) is 6.25. The van der Waals surface area contributed by atoms with Crippen LogP contribution in [0.25, 0.3) is 0 Å². The second-order valence-corrected chi connectivity index (χ2v) is 6.13. The summed E-state index contributed by atoms with van der Waals surface area (Å²) in [5.41, 5.74) is 3.77. The van der Waals surface area contributed by atoms with Crippen LogP contribution in [0.1, 0.15) is 16.7 Å². The molecule has 1 aliphatic heterocycles. The zero-order chi connectivity index (χ0) is 16.1. The molecule has 3 rings (SSSR count). The maximum Gasteiger partial charge on any atom is 0.212 e. The Morgan fingerprint density at radius 2 is 1.65 bits per heavy atom. The van der Waals surface area contributed by atoms with E-state index in [0.717, 1.165) is 39.3 Å². The van der Waals surface area contributed by atoms with Gasteiger partial charge in [-0.3, -0.25) is 14.8 Å². The van der Waals surface area contributed by atoms with E-state index in [1.54, 1.807) is 7.11 Å². The molecule has 2 aromatic rings. The average Bonchev–Trinajstić information content (AvgIpc) is 2.57. The lowest BCUT2D eigenvalue weighted by atomic mass is 10.2. The van der Waals surface area contributed by atoms with Crippen LogP contribution in [0.15, 0.2) is 36.8 Å². The van der Waals surface area contributed by atoms with E-state index in [1.807, 2.05) is 24.7 Å². The lowest BCUT2D eigenvalue weighted by molar-refractivity contribution is 0.122. The Morgan fingerprint density at radius 1 is 0.957 bits per heavy atom. The third kappa shape index (κ3) is 4.50. The highest BCUT2D eigenvalue weighted by atomic mass is 16.5. The van der Waals surface area contributed by atoms with Crippen LogP contribution in [0.4, 0.5) is 0 Å². The number of nitrogens with zero attached hydrogens (tertiary/aromatic N) is 4. The molecule has 0 bridgehead atoms. The maximum atomic E-state index is 5.10. The van der Waals surface area contributed by atoms with Crippen LogP contribution in [0, 0.1) is 6.92 Å². The van der Waals surface area contributed by atoms with Gasteiger partial charge < -0.3 is 4.74 Å². The Kier molecular flexibility index (Phi) is 5.20. The van der Waals surface area contributed by atoms with E-state index < -0.39 is 0 Å². The predicted octanol–water partition coefficient (Wildman–Crippen LogP) is 2.11. The highest BCUT2D eigenvalue weighted by Gasteiger charge is 2.17. The molecule has 0 radical (unpaired) electrons. The first kappa shape index (κ1) is 15.9. The van der Waals surface area contributed by atoms with Crippen molar-refractivity contribution in [2.45, 2.75) is 20.0 Å². The van der Waals surface area contributed by atoms with Gasteiger partial charge >= 0.3 is 0 Å². The molecule has 0 aromatic carbocycles. The van der Waals surface area contributed by atoms with E-state index in [0.29, 0.717) is 5.88 Å². The van der Waals surface area contributed by atoms with Gasteiger partial charge in [-0.25, -0.2) is 4.98 Å². The molecule has 0 spiro atoms. The average molecular weight is 312 g/mol. The largest absolute Gasteiger partial charge is 0.481 e. The second-order valence-electron chi connectivity index (χ2n) is 6.13. The van der Waals surface area contributed by atoms with Crippen molar-refractivity contribution in [3.8, 4) is 5.88 Å². The summed E-state index contributed by atoms with van der Waals surface area (Å²) in [6.45, 7) is 8.41. The first-order valence-corrected chi connectivity index (χ1v) is 8.07. The smallest absolute Gasteiger partial charge is 0.212 e. The van der Waals surface area contributed by atoms with Gasteiger partial charge in [-0.05, 0) is 23.6 Å². The van der Waals surface area contributed by atoms with Crippen molar-refractivity contribution in [1.29, 1.82) is 0 Å². The number of aryl methyl sites for hydroxylation is 1. The first-order chi connectivity index (χ1) is 11.2. The zero-order valence-electron chi connectivity index (χ0n) is 13.9. The minimum Gasteiger partial charge on any atom is -0.481 e. The van der Waals surface area contributed by atoms with E-state index in [9.17, 15) is 0 Å². The van der Waals surface area contributed by atoms with E-state index >= 15 is 0 Å². The molecule has 1 saturated heterocycles. The number of pyridine rings is 2. The fraction of sp³-hybridized carbons (Fsp3) is 0.444. The number of aromatic nitrogens is 2.